The Kier molecular flexibility index (Phi) is 3.79. The third-order valence-electron chi connectivity index (χ3n) is 5.31. The molecule has 4 nitrogen and oxygen atoms in total. The third-order valence-corrected chi connectivity index (χ3v) is 5.31. The molecule has 0 radical (unpaired) electrons. The molecular weight excluding hydrogens is 324 g/mol. The van der Waals surface area contributed by atoms with Crippen molar-refractivity contribution in [3.63, 3.8) is 0 Å². The summed E-state index contributed by atoms with van der Waals surface area (Å²) >= 11 is 0. The largest absolute Gasteiger partial charge is 0.508 e. The molecule has 0 fully saturated rings. The summed E-state index contributed by atoms with van der Waals surface area (Å²) in [7, 11) is 0. The monoisotopic (exact) mass is 348 g/mol. The summed E-state index contributed by atoms with van der Waals surface area (Å²) in [6.45, 7) is 9.07. The fraction of sp³-hybridized carbons (Fsp3) is 0.318. The first kappa shape index (κ1) is 16.7. The lowest BCUT2D eigenvalue weighted by Crippen LogP contribution is -2.22. The predicted molar refractivity (Wildman–Crippen MR) is 105 cm³/mol. The van der Waals surface area contributed by atoms with Crippen LogP contribution in [0.25, 0.3) is 10.9 Å². The van der Waals surface area contributed by atoms with Gasteiger partial charge in [-0.2, -0.15) is 0 Å². The molecule has 0 spiro atoms. The van der Waals surface area contributed by atoms with Crippen molar-refractivity contribution in [1.29, 1.82) is 0 Å². The number of benzene rings is 2. The molecule has 2 aromatic carbocycles. The maximum atomic E-state index is 13.0. The number of phenols is 1. The molecule has 3 aromatic rings. The van der Waals surface area contributed by atoms with Gasteiger partial charge >= 0.3 is 0 Å². The molecule has 0 bridgehead atoms. The summed E-state index contributed by atoms with van der Waals surface area (Å²) in [6, 6.07) is 9.52. The molecule has 1 amide bonds. The van der Waals surface area contributed by atoms with Crippen LogP contribution in [0.1, 0.15) is 66.6 Å². The third kappa shape index (κ3) is 2.48. The lowest BCUT2D eigenvalue weighted by atomic mass is 9.94. The molecule has 1 aliphatic rings. The molecule has 0 aliphatic carbocycles. The summed E-state index contributed by atoms with van der Waals surface area (Å²) < 4.78 is 0. The minimum atomic E-state index is -0.0483. The average Bonchev–Trinajstić information content (AvgIpc) is 3.15. The quantitative estimate of drug-likeness (QED) is 0.676. The molecule has 134 valence electrons. The molecule has 4 rings (SSSR count). The zero-order valence-electron chi connectivity index (χ0n) is 15.6. The van der Waals surface area contributed by atoms with Crippen molar-refractivity contribution in [2.75, 3.05) is 4.90 Å². The van der Waals surface area contributed by atoms with E-state index in [0.29, 0.717) is 18.0 Å². The first-order valence-electron chi connectivity index (χ1n) is 9.15. The lowest BCUT2D eigenvalue weighted by molar-refractivity contribution is 0.0996. The fourth-order valence-electron chi connectivity index (χ4n) is 3.93. The Morgan fingerprint density at radius 2 is 1.77 bits per heavy atom. The number of rotatable bonds is 3. The zero-order chi connectivity index (χ0) is 18.6. The van der Waals surface area contributed by atoms with E-state index in [1.807, 2.05) is 12.1 Å². The van der Waals surface area contributed by atoms with Crippen LogP contribution < -0.4 is 4.90 Å². The van der Waals surface area contributed by atoms with Crippen molar-refractivity contribution >= 4 is 22.5 Å². The maximum absolute atomic E-state index is 13.0. The Morgan fingerprint density at radius 1 is 1.04 bits per heavy atom. The number of aromatic nitrogens is 1. The van der Waals surface area contributed by atoms with E-state index in [9.17, 15) is 9.90 Å². The van der Waals surface area contributed by atoms with Gasteiger partial charge < -0.3 is 15.0 Å². The Labute approximate surface area is 153 Å². The Bertz CT molecular complexity index is 1010. The smallest absolute Gasteiger partial charge is 0.259 e. The standard InChI is InChI=1S/C22H24N2O2/c1-12(2)17-8-15(25)9-18-20(17)11-24(22(18)26)14-5-6-16-19(13(3)4)10-23-21(16)7-14/h5-10,12-13,23,25H,11H2,1-4H3. The van der Waals surface area contributed by atoms with Crippen molar-refractivity contribution in [2.45, 2.75) is 46.1 Å². The van der Waals surface area contributed by atoms with Crippen LogP contribution in [0, 0.1) is 0 Å². The number of amides is 1. The van der Waals surface area contributed by atoms with Crippen LogP contribution in [0.2, 0.25) is 0 Å². The van der Waals surface area contributed by atoms with E-state index in [1.165, 1.54) is 10.9 Å². The van der Waals surface area contributed by atoms with Crippen LogP contribution in [0.5, 0.6) is 5.75 Å². The molecule has 0 saturated heterocycles. The first-order chi connectivity index (χ1) is 12.4. The molecule has 0 atom stereocenters. The number of phenolic OH excluding ortho intramolecular Hbond substituents is 1. The summed E-state index contributed by atoms with van der Waals surface area (Å²) in [5, 5.41) is 11.2. The Hall–Kier alpha value is -2.75. The number of nitrogens with one attached hydrogen (secondary N) is 1. The summed E-state index contributed by atoms with van der Waals surface area (Å²) in [6.07, 6.45) is 2.05. The molecule has 26 heavy (non-hydrogen) atoms. The summed E-state index contributed by atoms with van der Waals surface area (Å²) in [5.74, 6) is 0.809. The minimum Gasteiger partial charge on any atom is -0.508 e. The number of anilines is 1. The number of hydrogen-bond acceptors (Lipinski definition) is 2. The molecule has 4 heteroatoms. The van der Waals surface area contributed by atoms with Crippen molar-refractivity contribution in [3.8, 4) is 5.75 Å². The summed E-state index contributed by atoms with van der Waals surface area (Å²) in [5.41, 5.74) is 5.89. The van der Waals surface area contributed by atoms with Gasteiger partial charge in [0.25, 0.3) is 5.91 Å². The topological polar surface area (TPSA) is 56.3 Å². The lowest BCUT2D eigenvalue weighted by Gasteiger charge is -2.17. The molecule has 1 aromatic heterocycles. The number of carbonyl (C=O) groups is 1. The molecular formula is C22H24N2O2. The van der Waals surface area contributed by atoms with Gasteiger partial charge in [-0.3, -0.25) is 4.79 Å². The maximum Gasteiger partial charge on any atom is 0.259 e. The number of H-pyrrole nitrogens is 1. The van der Waals surface area contributed by atoms with Crippen LogP contribution in [-0.4, -0.2) is 16.0 Å². The van der Waals surface area contributed by atoms with E-state index in [-0.39, 0.29) is 17.6 Å². The molecule has 2 N–H and O–H groups in total. The van der Waals surface area contributed by atoms with Crippen molar-refractivity contribution < 1.29 is 9.90 Å². The van der Waals surface area contributed by atoms with Crippen LogP contribution in [0.3, 0.4) is 0 Å². The number of carbonyl (C=O) groups excluding carboxylic acids is 1. The highest BCUT2D eigenvalue weighted by molar-refractivity contribution is 6.11. The number of nitrogens with zero attached hydrogens (tertiary/aromatic N) is 1. The Morgan fingerprint density at radius 3 is 2.46 bits per heavy atom. The Balaban J connectivity index is 1.77. The first-order valence-corrected chi connectivity index (χ1v) is 9.15. The second kappa shape index (κ2) is 5.90. The van der Waals surface area contributed by atoms with E-state index < -0.39 is 0 Å². The van der Waals surface area contributed by atoms with Crippen molar-refractivity contribution in [3.05, 3.63) is 58.8 Å². The number of aromatic hydroxyl groups is 1. The van der Waals surface area contributed by atoms with Crippen LogP contribution in [0.15, 0.2) is 36.5 Å². The second-order valence-corrected chi connectivity index (χ2v) is 7.74. The van der Waals surface area contributed by atoms with Gasteiger partial charge in [0.15, 0.2) is 0 Å². The average molecular weight is 348 g/mol. The SMILES string of the molecule is CC(C)c1cc(O)cc2c1CN(c1ccc3c(C(C)C)c[nH]c3c1)C2=O. The molecule has 1 aliphatic heterocycles. The summed E-state index contributed by atoms with van der Waals surface area (Å²) in [4.78, 5) is 18.1. The molecule has 0 unspecified atom stereocenters. The van der Waals surface area contributed by atoms with Crippen LogP contribution in [0.4, 0.5) is 5.69 Å². The number of hydrogen-bond donors (Lipinski definition) is 2. The van der Waals surface area contributed by atoms with Gasteiger partial charge in [-0.1, -0.05) is 33.8 Å². The highest BCUT2D eigenvalue weighted by Crippen LogP contribution is 2.37. The number of fused-ring (bicyclic) bond motifs is 2. The van der Waals surface area contributed by atoms with Crippen molar-refractivity contribution in [1.82, 2.24) is 4.98 Å². The van der Waals surface area contributed by atoms with Gasteiger partial charge in [0.2, 0.25) is 0 Å². The van der Waals surface area contributed by atoms with Gasteiger partial charge in [-0.15, -0.1) is 0 Å². The van der Waals surface area contributed by atoms with Gasteiger partial charge in [0.1, 0.15) is 5.75 Å². The van der Waals surface area contributed by atoms with Gasteiger partial charge in [-0.25, -0.2) is 0 Å². The van der Waals surface area contributed by atoms with Crippen LogP contribution in [-0.2, 0) is 6.54 Å². The van der Waals surface area contributed by atoms with E-state index in [2.05, 4.69) is 44.9 Å². The van der Waals surface area contributed by atoms with Crippen LogP contribution >= 0.6 is 0 Å². The minimum absolute atomic E-state index is 0.0483. The van der Waals surface area contributed by atoms with Gasteiger partial charge in [-0.05, 0) is 52.8 Å². The highest BCUT2D eigenvalue weighted by Gasteiger charge is 2.32. The normalized spacial score (nSPS) is 14.1. The fourth-order valence-corrected chi connectivity index (χ4v) is 3.93. The zero-order valence-corrected chi connectivity index (χ0v) is 15.6. The molecule has 0 saturated carbocycles. The predicted octanol–water partition coefficient (Wildman–Crippen LogP) is 5.28. The van der Waals surface area contributed by atoms with Gasteiger partial charge in [0.05, 0.1) is 6.54 Å². The highest BCUT2D eigenvalue weighted by atomic mass is 16.3. The molecule has 2 heterocycles. The van der Waals surface area contributed by atoms with E-state index in [4.69, 9.17) is 0 Å². The second-order valence-electron chi connectivity index (χ2n) is 7.74. The van der Waals surface area contributed by atoms with E-state index >= 15 is 0 Å². The number of aromatic amines is 1. The van der Waals surface area contributed by atoms with E-state index in [0.717, 1.165) is 22.3 Å². The van der Waals surface area contributed by atoms with Crippen molar-refractivity contribution in [2.24, 2.45) is 0 Å². The van der Waals surface area contributed by atoms with Gasteiger partial charge in [0, 0.05) is 28.4 Å². The van der Waals surface area contributed by atoms with E-state index in [1.54, 1.807) is 17.0 Å².